The molecule has 0 radical (unpaired) electrons. The Labute approximate surface area is 112 Å². The van der Waals surface area contributed by atoms with Gasteiger partial charge in [0, 0.05) is 11.1 Å². The Hall–Kier alpha value is -1.20. The Morgan fingerprint density at radius 3 is 3.06 bits per heavy atom. The molecule has 2 heterocycles. The molecule has 0 spiro atoms. The van der Waals surface area contributed by atoms with E-state index in [1.807, 2.05) is 30.5 Å². The van der Waals surface area contributed by atoms with Gasteiger partial charge in [-0.05, 0) is 45.9 Å². The van der Waals surface area contributed by atoms with Crippen molar-refractivity contribution in [3.63, 3.8) is 0 Å². The molecule has 0 aliphatic rings. The molecule has 1 amide bonds. The molecule has 2 rings (SSSR count). The number of nitrogens with zero attached hydrogens (tertiary/aromatic N) is 1. The average molecular weight is 311 g/mol. The van der Waals surface area contributed by atoms with Gasteiger partial charge in [0.15, 0.2) is 0 Å². The number of carbonyl (C=O) groups is 1. The van der Waals surface area contributed by atoms with Gasteiger partial charge in [0.05, 0.1) is 10.9 Å². The minimum Gasteiger partial charge on any atom is -0.309 e. The lowest BCUT2D eigenvalue weighted by Gasteiger charge is -2.06. The first kappa shape index (κ1) is 12.3. The molecule has 0 aliphatic heterocycles. The monoisotopic (exact) mass is 310 g/mol. The summed E-state index contributed by atoms with van der Waals surface area (Å²) in [6, 6.07) is 5.81. The quantitative estimate of drug-likeness (QED) is 0.944. The Balaban J connectivity index is 2.03. The summed E-state index contributed by atoms with van der Waals surface area (Å²) >= 11 is 4.95. The van der Waals surface area contributed by atoms with Gasteiger partial charge in [-0.1, -0.05) is 6.07 Å². The number of halogens is 1. The molecule has 3 nitrogen and oxygen atoms in total. The predicted molar refractivity (Wildman–Crippen MR) is 73.3 cm³/mol. The van der Waals surface area contributed by atoms with Gasteiger partial charge in [0.2, 0.25) is 5.91 Å². The molecular weight excluding hydrogens is 300 g/mol. The SMILES string of the molecule is Cc1cnc(NC(=O)Cc2cccs2)c(Br)c1. The molecule has 0 atom stereocenters. The van der Waals surface area contributed by atoms with Crippen LogP contribution in [0.2, 0.25) is 0 Å². The van der Waals surface area contributed by atoms with E-state index in [9.17, 15) is 4.79 Å². The maximum atomic E-state index is 11.8. The second-order valence-electron chi connectivity index (χ2n) is 3.65. The lowest BCUT2D eigenvalue weighted by atomic mass is 10.3. The molecule has 0 aliphatic carbocycles. The van der Waals surface area contributed by atoms with Crippen LogP contribution in [-0.4, -0.2) is 10.9 Å². The predicted octanol–water partition coefficient (Wildman–Crippen LogP) is 3.40. The molecule has 5 heteroatoms. The van der Waals surface area contributed by atoms with Crippen LogP contribution in [0.4, 0.5) is 5.82 Å². The van der Waals surface area contributed by atoms with E-state index >= 15 is 0 Å². The highest BCUT2D eigenvalue weighted by Crippen LogP contribution is 2.20. The van der Waals surface area contributed by atoms with E-state index in [0.29, 0.717) is 12.2 Å². The lowest BCUT2D eigenvalue weighted by Crippen LogP contribution is -2.15. The fourth-order valence-corrected chi connectivity index (χ4v) is 2.64. The summed E-state index contributed by atoms with van der Waals surface area (Å²) < 4.78 is 0.803. The molecule has 1 N–H and O–H groups in total. The van der Waals surface area contributed by atoms with Crippen LogP contribution < -0.4 is 5.32 Å². The highest BCUT2D eigenvalue weighted by Gasteiger charge is 2.08. The normalized spacial score (nSPS) is 10.2. The maximum Gasteiger partial charge on any atom is 0.230 e. The van der Waals surface area contributed by atoms with Crippen molar-refractivity contribution < 1.29 is 4.79 Å². The van der Waals surface area contributed by atoms with Gasteiger partial charge < -0.3 is 5.32 Å². The molecule has 0 unspecified atom stereocenters. The smallest absolute Gasteiger partial charge is 0.230 e. The van der Waals surface area contributed by atoms with Gasteiger partial charge >= 0.3 is 0 Å². The summed E-state index contributed by atoms with van der Waals surface area (Å²) in [5, 5.41) is 4.75. The van der Waals surface area contributed by atoms with E-state index in [2.05, 4.69) is 26.2 Å². The number of amides is 1. The maximum absolute atomic E-state index is 11.8. The minimum absolute atomic E-state index is 0.0514. The summed E-state index contributed by atoms with van der Waals surface area (Å²) in [5.74, 6) is 0.515. The van der Waals surface area contributed by atoms with Crippen LogP contribution in [0.3, 0.4) is 0 Å². The number of carbonyl (C=O) groups excluding carboxylic acids is 1. The fraction of sp³-hybridized carbons (Fsp3) is 0.167. The average Bonchev–Trinajstić information content (AvgIpc) is 2.75. The number of hydrogen-bond donors (Lipinski definition) is 1. The summed E-state index contributed by atoms with van der Waals surface area (Å²) in [6.45, 7) is 1.95. The number of thiophene rings is 1. The number of hydrogen-bond acceptors (Lipinski definition) is 3. The zero-order valence-electron chi connectivity index (χ0n) is 9.24. The highest BCUT2D eigenvalue weighted by molar-refractivity contribution is 9.10. The summed E-state index contributed by atoms with van der Waals surface area (Å²) in [6.07, 6.45) is 2.12. The van der Waals surface area contributed by atoms with Crippen molar-refractivity contribution >= 4 is 39.0 Å². The topological polar surface area (TPSA) is 42.0 Å². The van der Waals surface area contributed by atoms with Gasteiger partial charge in [-0.2, -0.15) is 0 Å². The number of nitrogens with one attached hydrogen (secondary N) is 1. The summed E-state index contributed by atoms with van der Waals surface area (Å²) in [5.41, 5.74) is 1.05. The van der Waals surface area contributed by atoms with Gasteiger partial charge in [-0.15, -0.1) is 11.3 Å². The zero-order chi connectivity index (χ0) is 12.3. The molecule has 0 fully saturated rings. The van der Waals surface area contributed by atoms with Crippen molar-refractivity contribution in [2.45, 2.75) is 13.3 Å². The molecule has 2 aromatic rings. The molecular formula is C12H11BrN2OS. The number of aromatic nitrogens is 1. The summed E-state index contributed by atoms with van der Waals surface area (Å²) in [4.78, 5) is 17.0. The third-order valence-corrected chi connectivity index (χ3v) is 3.63. The zero-order valence-corrected chi connectivity index (χ0v) is 11.6. The lowest BCUT2D eigenvalue weighted by molar-refractivity contribution is -0.115. The van der Waals surface area contributed by atoms with Crippen LogP contribution in [0.5, 0.6) is 0 Å². The van der Waals surface area contributed by atoms with Crippen LogP contribution in [0.15, 0.2) is 34.2 Å². The van der Waals surface area contributed by atoms with E-state index in [1.54, 1.807) is 17.5 Å². The second-order valence-corrected chi connectivity index (χ2v) is 5.53. The van der Waals surface area contributed by atoms with Gasteiger partial charge in [0.1, 0.15) is 5.82 Å². The van der Waals surface area contributed by atoms with E-state index < -0.39 is 0 Å². The van der Waals surface area contributed by atoms with E-state index in [4.69, 9.17) is 0 Å². The van der Waals surface area contributed by atoms with Crippen molar-refractivity contribution in [1.82, 2.24) is 4.98 Å². The number of pyridine rings is 1. The van der Waals surface area contributed by atoms with Gasteiger partial charge in [-0.3, -0.25) is 4.79 Å². The van der Waals surface area contributed by atoms with E-state index in [1.165, 1.54) is 0 Å². The van der Waals surface area contributed by atoms with Crippen LogP contribution in [0.1, 0.15) is 10.4 Å². The standard InChI is InChI=1S/C12H11BrN2OS/c1-8-5-10(13)12(14-7-8)15-11(16)6-9-3-2-4-17-9/h2-5,7H,6H2,1H3,(H,14,15,16). The van der Waals surface area contributed by atoms with E-state index in [-0.39, 0.29) is 5.91 Å². The Morgan fingerprint density at radius 1 is 1.59 bits per heavy atom. The van der Waals surface area contributed by atoms with Crippen molar-refractivity contribution in [3.8, 4) is 0 Å². The first-order chi connectivity index (χ1) is 8.15. The van der Waals surface area contributed by atoms with Crippen molar-refractivity contribution in [1.29, 1.82) is 0 Å². The summed E-state index contributed by atoms with van der Waals surface area (Å²) in [7, 11) is 0. The Kier molecular flexibility index (Phi) is 3.91. The third-order valence-electron chi connectivity index (χ3n) is 2.15. The van der Waals surface area contributed by atoms with Gasteiger partial charge in [-0.25, -0.2) is 4.98 Å². The van der Waals surface area contributed by atoms with Crippen molar-refractivity contribution in [2.75, 3.05) is 5.32 Å². The third kappa shape index (κ3) is 3.38. The largest absolute Gasteiger partial charge is 0.309 e. The molecule has 0 saturated carbocycles. The van der Waals surface area contributed by atoms with Crippen molar-refractivity contribution in [2.24, 2.45) is 0 Å². The minimum atomic E-state index is -0.0514. The molecule has 88 valence electrons. The molecule has 2 aromatic heterocycles. The van der Waals surface area contributed by atoms with Crippen molar-refractivity contribution in [3.05, 3.63) is 44.7 Å². The molecule has 0 aromatic carbocycles. The number of rotatable bonds is 3. The van der Waals surface area contributed by atoms with Gasteiger partial charge in [0.25, 0.3) is 0 Å². The van der Waals surface area contributed by atoms with Crippen LogP contribution in [0, 0.1) is 6.92 Å². The second kappa shape index (κ2) is 5.42. The fourth-order valence-electron chi connectivity index (χ4n) is 1.37. The first-order valence-corrected chi connectivity index (χ1v) is 6.77. The van der Waals surface area contributed by atoms with Crippen LogP contribution in [0.25, 0.3) is 0 Å². The number of aryl methyl sites for hydroxylation is 1. The Bertz CT molecular complexity index is 525. The Morgan fingerprint density at radius 2 is 2.41 bits per heavy atom. The molecule has 17 heavy (non-hydrogen) atoms. The van der Waals surface area contributed by atoms with Crippen LogP contribution in [-0.2, 0) is 11.2 Å². The van der Waals surface area contributed by atoms with E-state index in [0.717, 1.165) is 14.9 Å². The molecule has 0 saturated heterocycles. The van der Waals surface area contributed by atoms with Crippen LogP contribution >= 0.6 is 27.3 Å². The first-order valence-electron chi connectivity index (χ1n) is 5.09. The number of anilines is 1. The molecule has 0 bridgehead atoms. The highest BCUT2D eigenvalue weighted by atomic mass is 79.9.